The molecule has 1 saturated heterocycles. The Labute approximate surface area is 197 Å². The first-order valence-corrected chi connectivity index (χ1v) is 12.1. The number of methoxy groups -OCH3 is 3. The largest absolute Gasteiger partial charge is 0.497 e. The minimum atomic E-state index is -0.0120. The van der Waals surface area contributed by atoms with Crippen molar-refractivity contribution in [2.45, 2.75) is 25.8 Å². The smallest absolute Gasteiger partial charge is 0.227 e. The highest BCUT2D eigenvalue weighted by Crippen LogP contribution is 2.36. The molecule has 1 amide bonds. The molecule has 1 aromatic heterocycles. The van der Waals surface area contributed by atoms with E-state index in [1.807, 2.05) is 35.2 Å². The molecule has 0 N–H and O–H groups in total. The first-order valence-electron chi connectivity index (χ1n) is 11.3. The average Bonchev–Trinajstić information content (AvgIpc) is 3.30. The number of thiazole rings is 1. The average molecular weight is 468 g/mol. The van der Waals surface area contributed by atoms with Crippen molar-refractivity contribution < 1.29 is 19.0 Å². The molecular weight excluding hydrogens is 438 g/mol. The summed E-state index contributed by atoms with van der Waals surface area (Å²) in [5.74, 6) is 2.52. The maximum atomic E-state index is 13.5. The molecule has 5 rings (SSSR count). The van der Waals surface area contributed by atoms with Gasteiger partial charge in [0.2, 0.25) is 5.91 Å². The number of hydrogen-bond donors (Lipinski definition) is 0. The van der Waals surface area contributed by atoms with Crippen molar-refractivity contribution in [2.75, 3.05) is 45.9 Å². The second-order valence-electron chi connectivity index (χ2n) is 8.60. The number of carbonyl (C=O) groups excluding carboxylic acids is 1. The van der Waals surface area contributed by atoms with E-state index in [0.717, 1.165) is 64.8 Å². The molecule has 2 aliphatic heterocycles. The third-order valence-electron chi connectivity index (χ3n) is 6.66. The van der Waals surface area contributed by atoms with Gasteiger partial charge in [-0.3, -0.25) is 4.79 Å². The highest BCUT2D eigenvalue weighted by atomic mass is 32.1. The second-order valence-corrected chi connectivity index (χ2v) is 9.61. The summed E-state index contributed by atoms with van der Waals surface area (Å²) in [6.45, 7) is 3.00. The zero-order valence-corrected chi connectivity index (χ0v) is 20.1. The van der Waals surface area contributed by atoms with E-state index < -0.39 is 0 Å². The van der Waals surface area contributed by atoms with E-state index in [1.165, 1.54) is 5.56 Å². The van der Waals surface area contributed by atoms with Gasteiger partial charge in [0.25, 0.3) is 0 Å². The van der Waals surface area contributed by atoms with Gasteiger partial charge in [-0.1, -0.05) is 11.3 Å². The summed E-state index contributed by atoms with van der Waals surface area (Å²) >= 11 is 1.67. The summed E-state index contributed by atoms with van der Waals surface area (Å²) in [7, 11) is 4.97. The van der Waals surface area contributed by atoms with Crippen molar-refractivity contribution in [2.24, 2.45) is 5.92 Å². The summed E-state index contributed by atoms with van der Waals surface area (Å²) < 4.78 is 17.4. The fourth-order valence-corrected chi connectivity index (χ4v) is 5.87. The van der Waals surface area contributed by atoms with Gasteiger partial charge in [0, 0.05) is 26.2 Å². The predicted octanol–water partition coefficient (Wildman–Crippen LogP) is 4.12. The number of carbonyl (C=O) groups is 1. The van der Waals surface area contributed by atoms with Gasteiger partial charge < -0.3 is 24.0 Å². The number of fused-ring (bicyclic) bond motifs is 2. The topological polar surface area (TPSA) is 64.1 Å². The van der Waals surface area contributed by atoms with Gasteiger partial charge in [0.15, 0.2) is 16.6 Å². The Morgan fingerprint density at radius 3 is 2.58 bits per heavy atom. The van der Waals surface area contributed by atoms with Gasteiger partial charge in [0.1, 0.15) is 5.75 Å². The lowest BCUT2D eigenvalue weighted by molar-refractivity contribution is -0.136. The van der Waals surface area contributed by atoms with Crippen LogP contribution in [-0.2, 0) is 17.8 Å². The van der Waals surface area contributed by atoms with Crippen LogP contribution in [-0.4, -0.2) is 56.8 Å². The van der Waals surface area contributed by atoms with Crippen molar-refractivity contribution in [3.63, 3.8) is 0 Å². The Morgan fingerprint density at radius 1 is 1.03 bits per heavy atom. The molecule has 1 fully saturated rings. The van der Waals surface area contributed by atoms with Crippen LogP contribution in [0.1, 0.15) is 24.0 Å². The molecule has 0 spiro atoms. The number of piperidine rings is 1. The van der Waals surface area contributed by atoms with Crippen molar-refractivity contribution in [1.82, 2.24) is 9.88 Å². The third kappa shape index (κ3) is 4.19. The summed E-state index contributed by atoms with van der Waals surface area (Å²) in [5.41, 5.74) is 3.34. The number of hydrogen-bond acceptors (Lipinski definition) is 7. The van der Waals surface area contributed by atoms with Crippen LogP contribution in [0.25, 0.3) is 10.2 Å². The van der Waals surface area contributed by atoms with E-state index in [-0.39, 0.29) is 11.8 Å². The maximum absolute atomic E-state index is 13.5. The summed E-state index contributed by atoms with van der Waals surface area (Å²) in [5, 5.41) is 0.983. The van der Waals surface area contributed by atoms with Gasteiger partial charge in [-0.15, -0.1) is 0 Å². The van der Waals surface area contributed by atoms with Gasteiger partial charge >= 0.3 is 0 Å². The van der Waals surface area contributed by atoms with Crippen molar-refractivity contribution in [3.05, 3.63) is 41.5 Å². The number of amides is 1. The molecular formula is C25H29N3O4S. The highest BCUT2D eigenvalue weighted by molar-refractivity contribution is 7.22. The summed E-state index contributed by atoms with van der Waals surface area (Å²) in [6.07, 6.45) is 2.74. The molecule has 2 aliphatic rings. The minimum Gasteiger partial charge on any atom is -0.497 e. The lowest BCUT2D eigenvalue weighted by atomic mass is 9.94. The Hall–Kier alpha value is -3.00. The van der Waals surface area contributed by atoms with Crippen LogP contribution in [0.5, 0.6) is 17.2 Å². The van der Waals surface area contributed by atoms with Crippen LogP contribution in [0.4, 0.5) is 5.13 Å². The third-order valence-corrected chi connectivity index (χ3v) is 7.73. The van der Waals surface area contributed by atoms with Crippen LogP contribution < -0.4 is 19.1 Å². The van der Waals surface area contributed by atoms with E-state index in [2.05, 4.69) is 4.90 Å². The van der Waals surface area contributed by atoms with Crippen LogP contribution in [0.2, 0.25) is 0 Å². The van der Waals surface area contributed by atoms with Crippen LogP contribution >= 0.6 is 11.3 Å². The Morgan fingerprint density at radius 2 is 1.82 bits per heavy atom. The van der Waals surface area contributed by atoms with Crippen molar-refractivity contribution in [1.29, 1.82) is 0 Å². The van der Waals surface area contributed by atoms with E-state index in [0.29, 0.717) is 18.8 Å². The van der Waals surface area contributed by atoms with Gasteiger partial charge in [-0.2, -0.15) is 0 Å². The highest BCUT2D eigenvalue weighted by Gasteiger charge is 2.32. The van der Waals surface area contributed by atoms with Gasteiger partial charge in [0.05, 0.1) is 37.5 Å². The number of nitrogens with zero attached hydrogens (tertiary/aromatic N) is 3. The normalized spacial score (nSPS) is 18.2. The molecule has 3 aromatic rings. The predicted molar refractivity (Wildman–Crippen MR) is 130 cm³/mol. The maximum Gasteiger partial charge on any atom is 0.227 e. The number of rotatable bonds is 5. The zero-order chi connectivity index (χ0) is 22.9. The summed E-state index contributed by atoms with van der Waals surface area (Å²) in [6, 6.07) is 10.0. The fourth-order valence-electron chi connectivity index (χ4n) is 4.84. The molecule has 0 aliphatic carbocycles. The monoisotopic (exact) mass is 467 g/mol. The van der Waals surface area contributed by atoms with Crippen LogP contribution in [0.3, 0.4) is 0 Å². The second kappa shape index (κ2) is 9.09. The first kappa shape index (κ1) is 21.8. The zero-order valence-electron chi connectivity index (χ0n) is 19.3. The summed E-state index contributed by atoms with van der Waals surface area (Å²) in [4.78, 5) is 22.6. The molecule has 33 heavy (non-hydrogen) atoms. The lowest BCUT2D eigenvalue weighted by Gasteiger charge is -2.36. The molecule has 1 atom stereocenters. The van der Waals surface area contributed by atoms with E-state index in [9.17, 15) is 4.79 Å². The van der Waals surface area contributed by atoms with Gasteiger partial charge in [-0.05, 0) is 60.7 Å². The van der Waals surface area contributed by atoms with E-state index in [1.54, 1.807) is 32.7 Å². The molecule has 7 nitrogen and oxygen atoms in total. The quantitative estimate of drug-likeness (QED) is 0.562. The number of aromatic nitrogens is 1. The Bertz CT molecular complexity index is 1180. The van der Waals surface area contributed by atoms with Crippen LogP contribution in [0, 0.1) is 5.92 Å². The lowest BCUT2D eigenvalue weighted by Crippen LogP contribution is -2.46. The van der Waals surface area contributed by atoms with Crippen LogP contribution in [0.15, 0.2) is 30.3 Å². The molecule has 8 heteroatoms. The first-order chi connectivity index (χ1) is 16.1. The molecule has 2 aromatic carbocycles. The fraction of sp³-hybridized carbons (Fsp3) is 0.440. The number of anilines is 1. The molecule has 1 unspecified atom stereocenters. The SMILES string of the molecule is COc1ccc2nc(N3CCCC(C(=O)N4CCc5cc(OC)c(OC)cc5C4)C3)sc2c1. The molecule has 0 saturated carbocycles. The van der Waals surface area contributed by atoms with E-state index >= 15 is 0 Å². The minimum absolute atomic E-state index is 0.0120. The molecule has 0 radical (unpaired) electrons. The Balaban J connectivity index is 1.30. The molecule has 3 heterocycles. The Kier molecular flexibility index (Phi) is 6.01. The van der Waals surface area contributed by atoms with Crippen molar-refractivity contribution in [3.8, 4) is 17.2 Å². The van der Waals surface area contributed by atoms with Gasteiger partial charge in [-0.25, -0.2) is 4.98 Å². The van der Waals surface area contributed by atoms with Crippen molar-refractivity contribution >= 4 is 32.6 Å². The molecule has 0 bridgehead atoms. The number of ether oxygens (including phenoxy) is 3. The standard InChI is InChI=1S/C25H29N3O4S/c1-30-19-6-7-20-23(13-19)33-25(26-20)28-9-4-5-17(14-28)24(29)27-10-8-16-11-21(31-2)22(32-3)12-18(16)15-27/h6-7,11-13,17H,4-5,8-10,14-15H2,1-3H3. The molecule has 174 valence electrons. The van der Waals surface area contributed by atoms with E-state index in [4.69, 9.17) is 19.2 Å². The number of benzene rings is 2.